The van der Waals surface area contributed by atoms with Crippen molar-refractivity contribution >= 4 is 12.0 Å². The molecule has 2 aliphatic heterocycles. The van der Waals surface area contributed by atoms with Gasteiger partial charge in [0.25, 0.3) is 0 Å². The molecule has 3 aliphatic rings. The molecule has 6 heteroatoms. The third-order valence-corrected chi connectivity index (χ3v) is 5.24. The van der Waals surface area contributed by atoms with E-state index >= 15 is 0 Å². The first kappa shape index (κ1) is 14.5. The number of nitrogens with zero attached hydrogens (tertiary/aromatic N) is 2. The maximum Gasteiger partial charge on any atom is 0.410 e. The van der Waals surface area contributed by atoms with Gasteiger partial charge in [-0.05, 0) is 37.0 Å². The average Bonchev–Trinajstić information content (AvgIpc) is 3.01. The molecule has 1 unspecified atom stereocenters. The zero-order valence-electron chi connectivity index (χ0n) is 12.8. The fourth-order valence-electron chi connectivity index (χ4n) is 3.74. The predicted octanol–water partition coefficient (Wildman–Crippen LogP) is 1.91. The third kappa shape index (κ3) is 2.36. The number of cyclic esters (lactones) is 1. The second kappa shape index (κ2) is 5.22. The van der Waals surface area contributed by atoms with Gasteiger partial charge in [-0.2, -0.15) is 0 Å². The van der Waals surface area contributed by atoms with Gasteiger partial charge in [-0.15, -0.1) is 0 Å². The minimum atomic E-state index is -0.478. The molecule has 2 amide bonds. The van der Waals surface area contributed by atoms with Gasteiger partial charge in [0.15, 0.2) is 0 Å². The summed E-state index contributed by atoms with van der Waals surface area (Å²) in [6.45, 7) is 2.27. The van der Waals surface area contributed by atoms with E-state index in [0.717, 1.165) is 24.8 Å². The number of carbonyl (C=O) groups is 2. The Kier molecular flexibility index (Phi) is 3.28. The highest BCUT2D eigenvalue weighted by atomic mass is 19.1. The number of benzene rings is 1. The zero-order valence-corrected chi connectivity index (χ0v) is 12.8. The Balaban J connectivity index is 1.47. The van der Waals surface area contributed by atoms with Crippen molar-refractivity contribution in [3.05, 3.63) is 35.6 Å². The number of likely N-dealkylation sites (tertiary alicyclic amines) is 1. The Morgan fingerprint density at radius 3 is 2.57 bits per heavy atom. The first-order chi connectivity index (χ1) is 11.1. The van der Waals surface area contributed by atoms with Crippen molar-refractivity contribution in [2.45, 2.75) is 30.7 Å². The summed E-state index contributed by atoms with van der Waals surface area (Å²) in [5.41, 5.74) is 0.418. The van der Waals surface area contributed by atoms with E-state index in [-0.39, 0.29) is 23.9 Å². The first-order valence-electron chi connectivity index (χ1n) is 8.09. The number of carbonyl (C=O) groups excluding carboxylic acids is 2. The van der Waals surface area contributed by atoms with Crippen LogP contribution in [0.2, 0.25) is 0 Å². The van der Waals surface area contributed by atoms with Gasteiger partial charge in [0.1, 0.15) is 12.4 Å². The summed E-state index contributed by atoms with van der Waals surface area (Å²) < 4.78 is 18.1. The zero-order chi connectivity index (χ0) is 16.0. The molecule has 4 rings (SSSR count). The fraction of sp³-hybridized carbons (Fsp3) is 0.529. The molecule has 1 atom stereocenters. The molecule has 1 aromatic carbocycles. The van der Waals surface area contributed by atoms with Crippen LogP contribution in [0.3, 0.4) is 0 Å². The van der Waals surface area contributed by atoms with Crippen LogP contribution in [0, 0.1) is 5.82 Å². The number of halogens is 1. The summed E-state index contributed by atoms with van der Waals surface area (Å²) in [5.74, 6) is -0.176. The summed E-state index contributed by atoms with van der Waals surface area (Å²) >= 11 is 0. The van der Waals surface area contributed by atoms with Crippen LogP contribution in [0.1, 0.15) is 24.8 Å². The number of ether oxygens (including phenoxy) is 1. The molecule has 122 valence electrons. The van der Waals surface area contributed by atoms with E-state index in [9.17, 15) is 14.0 Å². The largest absolute Gasteiger partial charge is 0.448 e. The first-order valence-corrected chi connectivity index (χ1v) is 8.09. The molecular weight excluding hydrogens is 299 g/mol. The smallest absolute Gasteiger partial charge is 0.410 e. The molecule has 0 spiro atoms. The third-order valence-electron chi connectivity index (χ3n) is 5.24. The summed E-state index contributed by atoms with van der Waals surface area (Å²) in [6, 6.07) is 6.31. The van der Waals surface area contributed by atoms with Crippen LogP contribution in [-0.4, -0.2) is 54.1 Å². The monoisotopic (exact) mass is 318 g/mol. The molecule has 1 aliphatic carbocycles. The van der Waals surface area contributed by atoms with Crippen molar-refractivity contribution < 1.29 is 18.7 Å². The lowest BCUT2D eigenvalue weighted by atomic mass is 9.94. The van der Waals surface area contributed by atoms with Crippen LogP contribution < -0.4 is 0 Å². The van der Waals surface area contributed by atoms with E-state index in [2.05, 4.69) is 0 Å². The fourth-order valence-corrected chi connectivity index (χ4v) is 3.74. The molecule has 3 fully saturated rings. The molecule has 5 nitrogen and oxygen atoms in total. The standard InChI is InChI=1S/C17H19FN2O3/c18-13-3-1-12(2-4-13)17(6-7-17)15(21)19-8-5-14(11-19)20-9-10-23-16(20)22/h1-4,14H,5-11H2. The molecule has 0 aromatic heterocycles. The molecule has 1 aromatic rings. The number of amides is 2. The van der Waals surface area contributed by atoms with Crippen molar-refractivity contribution in [2.24, 2.45) is 0 Å². The second-order valence-corrected chi connectivity index (χ2v) is 6.59. The second-order valence-electron chi connectivity index (χ2n) is 6.59. The van der Waals surface area contributed by atoms with E-state index < -0.39 is 5.41 Å². The Morgan fingerprint density at radius 2 is 1.96 bits per heavy atom. The average molecular weight is 318 g/mol. The predicted molar refractivity (Wildman–Crippen MR) is 80.4 cm³/mol. The molecule has 23 heavy (non-hydrogen) atoms. The van der Waals surface area contributed by atoms with Gasteiger partial charge in [0, 0.05) is 13.1 Å². The topological polar surface area (TPSA) is 49.9 Å². The molecule has 1 saturated carbocycles. The molecule has 2 heterocycles. The van der Waals surface area contributed by atoms with E-state index in [1.807, 2.05) is 4.90 Å². The Hall–Kier alpha value is -2.11. The van der Waals surface area contributed by atoms with Gasteiger partial charge >= 0.3 is 6.09 Å². The molecule has 0 bridgehead atoms. The summed E-state index contributed by atoms with van der Waals surface area (Å²) in [6.07, 6.45) is 2.14. The van der Waals surface area contributed by atoms with Crippen molar-refractivity contribution in [2.75, 3.05) is 26.2 Å². The Bertz CT molecular complexity index is 642. The summed E-state index contributed by atoms with van der Waals surface area (Å²) in [7, 11) is 0. The quantitative estimate of drug-likeness (QED) is 0.855. The SMILES string of the molecule is O=C1OCCN1C1CCN(C(=O)C2(c3ccc(F)cc3)CC2)C1. The van der Waals surface area contributed by atoms with Gasteiger partial charge < -0.3 is 9.64 Å². The van der Waals surface area contributed by atoms with Crippen molar-refractivity contribution in [3.63, 3.8) is 0 Å². The van der Waals surface area contributed by atoms with E-state index in [4.69, 9.17) is 4.74 Å². The van der Waals surface area contributed by atoms with Crippen molar-refractivity contribution in [1.29, 1.82) is 0 Å². The van der Waals surface area contributed by atoms with Gasteiger partial charge in [-0.25, -0.2) is 9.18 Å². The van der Waals surface area contributed by atoms with Gasteiger partial charge in [-0.1, -0.05) is 12.1 Å². The number of hydrogen-bond donors (Lipinski definition) is 0. The van der Waals surface area contributed by atoms with Crippen LogP contribution in [0.4, 0.5) is 9.18 Å². The maximum absolute atomic E-state index is 13.1. The Labute approximate surface area is 134 Å². The minimum Gasteiger partial charge on any atom is -0.448 e. The van der Waals surface area contributed by atoms with Crippen LogP contribution in [0.25, 0.3) is 0 Å². The van der Waals surface area contributed by atoms with Crippen LogP contribution in [-0.2, 0) is 14.9 Å². The molecular formula is C17H19FN2O3. The normalized spacial score (nSPS) is 25.6. The molecule has 0 N–H and O–H groups in total. The minimum absolute atomic E-state index is 0.0537. The van der Waals surface area contributed by atoms with Crippen LogP contribution >= 0.6 is 0 Å². The summed E-state index contributed by atoms with van der Waals surface area (Å²) in [5, 5.41) is 0. The van der Waals surface area contributed by atoms with Gasteiger partial charge in [0.05, 0.1) is 18.0 Å². The summed E-state index contributed by atoms with van der Waals surface area (Å²) in [4.78, 5) is 28.2. The van der Waals surface area contributed by atoms with Crippen molar-refractivity contribution in [1.82, 2.24) is 9.80 Å². The van der Waals surface area contributed by atoms with Crippen LogP contribution in [0.15, 0.2) is 24.3 Å². The lowest BCUT2D eigenvalue weighted by molar-refractivity contribution is -0.133. The highest BCUT2D eigenvalue weighted by Gasteiger charge is 2.54. The molecule has 0 radical (unpaired) electrons. The maximum atomic E-state index is 13.1. The molecule has 2 saturated heterocycles. The number of rotatable bonds is 3. The van der Waals surface area contributed by atoms with Gasteiger partial charge in [-0.3, -0.25) is 9.69 Å². The van der Waals surface area contributed by atoms with E-state index in [1.165, 1.54) is 12.1 Å². The highest BCUT2D eigenvalue weighted by Crippen LogP contribution is 2.50. The lowest BCUT2D eigenvalue weighted by Gasteiger charge is -2.25. The van der Waals surface area contributed by atoms with Gasteiger partial charge in [0.2, 0.25) is 5.91 Å². The van der Waals surface area contributed by atoms with E-state index in [0.29, 0.717) is 26.2 Å². The van der Waals surface area contributed by atoms with E-state index in [1.54, 1.807) is 17.0 Å². The lowest BCUT2D eigenvalue weighted by Crippen LogP contribution is -2.42. The number of hydrogen-bond acceptors (Lipinski definition) is 3. The highest BCUT2D eigenvalue weighted by molar-refractivity contribution is 5.91. The van der Waals surface area contributed by atoms with Crippen LogP contribution in [0.5, 0.6) is 0 Å². The van der Waals surface area contributed by atoms with Crippen molar-refractivity contribution in [3.8, 4) is 0 Å². The Morgan fingerprint density at radius 1 is 1.22 bits per heavy atom.